The number of hydrogen-bond donors (Lipinski definition) is 1. The van der Waals surface area contributed by atoms with Gasteiger partial charge in [-0.05, 0) is 31.9 Å². The van der Waals surface area contributed by atoms with Crippen LogP contribution in [0.4, 0.5) is 0 Å². The Kier molecular flexibility index (Phi) is 1.95. The van der Waals surface area contributed by atoms with E-state index in [-0.39, 0.29) is 11.8 Å². The van der Waals surface area contributed by atoms with Gasteiger partial charge in [0, 0.05) is 0 Å². The average molecular weight is 312 g/mol. The SMILES string of the molecule is O=C1[NH2+]C(=O)c2c(Br)sc(Br)c21. The summed E-state index contributed by atoms with van der Waals surface area (Å²) in [6, 6.07) is 0. The molecule has 0 saturated carbocycles. The molecule has 1 aromatic heterocycles. The molecule has 0 aromatic carbocycles. The van der Waals surface area contributed by atoms with Crippen LogP contribution in [-0.4, -0.2) is 11.8 Å². The highest BCUT2D eigenvalue weighted by Crippen LogP contribution is 2.37. The molecule has 0 unspecified atom stereocenters. The summed E-state index contributed by atoms with van der Waals surface area (Å²) in [6.45, 7) is 0. The fourth-order valence-corrected chi connectivity index (χ4v) is 4.26. The Morgan fingerprint density at radius 1 is 1.00 bits per heavy atom. The lowest BCUT2D eigenvalue weighted by molar-refractivity contribution is -0.445. The summed E-state index contributed by atoms with van der Waals surface area (Å²) in [5.74, 6) is -0.410. The number of amides is 2. The van der Waals surface area contributed by atoms with Crippen molar-refractivity contribution in [1.82, 2.24) is 0 Å². The highest BCUT2D eigenvalue weighted by atomic mass is 79.9. The number of rotatable bonds is 0. The maximum absolute atomic E-state index is 11.2. The Morgan fingerprint density at radius 2 is 1.42 bits per heavy atom. The fourth-order valence-electron chi connectivity index (χ4n) is 1.08. The van der Waals surface area contributed by atoms with Crippen molar-refractivity contribution in [2.45, 2.75) is 0 Å². The second-order valence-electron chi connectivity index (χ2n) is 2.27. The Labute approximate surface area is 88.4 Å². The number of halogens is 2. The summed E-state index contributed by atoms with van der Waals surface area (Å²) in [5, 5.41) is 1.12. The minimum atomic E-state index is -0.205. The molecule has 0 fully saturated rings. The van der Waals surface area contributed by atoms with Gasteiger partial charge in [-0.1, -0.05) is 0 Å². The van der Waals surface area contributed by atoms with Gasteiger partial charge in [-0.2, -0.15) is 0 Å². The number of hydrogen-bond acceptors (Lipinski definition) is 3. The maximum Gasteiger partial charge on any atom is 0.353 e. The Balaban J connectivity index is 2.78. The van der Waals surface area contributed by atoms with Crippen molar-refractivity contribution in [3.8, 4) is 0 Å². The van der Waals surface area contributed by atoms with E-state index >= 15 is 0 Å². The normalized spacial score (nSPS) is 15.5. The molecular weight excluding hydrogens is 310 g/mol. The molecule has 12 heavy (non-hydrogen) atoms. The molecule has 0 bridgehead atoms. The van der Waals surface area contributed by atoms with Crippen LogP contribution in [0.1, 0.15) is 20.7 Å². The lowest BCUT2D eigenvalue weighted by Crippen LogP contribution is -2.88. The molecule has 2 N–H and O–H groups in total. The number of fused-ring (bicyclic) bond motifs is 1. The zero-order valence-corrected chi connectivity index (χ0v) is 9.55. The third kappa shape index (κ3) is 1.02. The van der Waals surface area contributed by atoms with Crippen LogP contribution in [0.5, 0.6) is 0 Å². The van der Waals surface area contributed by atoms with Crippen LogP contribution in [0.15, 0.2) is 7.57 Å². The van der Waals surface area contributed by atoms with E-state index in [1.54, 1.807) is 0 Å². The second-order valence-corrected chi connectivity index (χ2v) is 5.93. The number of imide groups is 1. The zero-order valence-electron chi connectivity index (χ0n) is 5.56. The molecule has 1 aliphatic rings. The van der Waals surface area contributed by atoms with Crippen LogP contribution in [0, 0.1) is 0 Å². The van der Waals surface area contributed by atoms with E-state index in [0.717, 1.165) is 12.9 Å². The lowest BCUT2D eigenvalue weighted by atomic mass is 10.2. The predicted octanol–water partition coefficient (Wildman–Crippen LogP) is 1.13. The molecular formula is C6H2Br2NO2S+. The van der Waals surface area contributed by atoms with Crippen molar-refractivity contribution >= 4 is 55.0 Å². The summed E-state index contributed by atoms with van der Waals surface area (Å²) in [4.78, 5) is 22.4. The molecule has 0 saturated heterocycles. The van der Waals surface area contributed by atoms with Crippen LogP contribution in [0.25, 0.3) is 0 Å². The van der Waals surface area contributed by atoms with Gasteiger partial charge in [0.05, 0.1) is 7.57 Å². The Hall–Kier alpha value is -0.0400. The summed E-state index contributed by atoms with van der Waals surface area (Å²) < 4.78 is 1.44. The van der Waals surface area contributed by atoms with E-state index in [2.05, 4.69) is 31.9 Å². The number of quaternary nitrogens is 1. The first kappa shape index (κ1) is 8.55. The highest BCUT2D eigenvalue weighted by Gasteiger charge is 2.38. The number of carbonyl (C=O) groups is 2. The summed E-state index contributed by atoms with van der Waals surface area (Å²) >= 11 is 7.81. The largest absolute Gasteiger partial charge is 0.353 e. The first-order valence-corrected chi connectivity index (χ1v) is 5.42. The molecule has 0 aliphatic carbocycles. The highest BCUT2D eigenvalue weighted by molar-refractivity contribution is 9.12. The van der Waals surface area contributed by atoms with Gasteiger partial charge in [0.2, 0.25) is 0 Å². The minimum absolute atomic E-state index is 0.205. The molecule has 62 valence electrons. The van der Waals surface area contributed by atoms with E-state index in [1.165, 1.54) is 11.3 Å². The van der Waals surface area contributed by atoms with Crippen molar-refractivity contribution in [3.05, 3.63) is 18.7 Å². The quantitative estimate of drug-likeness (QED) is 0.730. The molecule has 6 heteroatoms. The first-order chi connectivity index (χ1) is 5.61. The third-order valence-electron chi connectivity index (χ3n) is 1.58. The van der Waals surface area contributed by atoms with E-state index in [4.69, 9.17) is 0 Å². The van der Waals surface area contributed by atoms with Gasteiger partial charge in [0.1, 0.15) is 11.1 Å². The number of primary amides is 2. The molecule has 0 atom stereocenters. The van der Waals surface area contributed by atoms with Gasteiger partial charge < -0.3 is 0 Å². The van der Waals surface area contributed by atoms with Gasteiger partial charge in [0.15, 0.2) is 0 Å². The van der Waals surface area contributed by atoms with Crippen molar-refractivity contribution in [3.63, 3.8) is 0 Å². The fraction of sp³-hybridized carbons (Fsp3) is 0. The molecule has 1 aromatic rings. The second kappa shape index (κ2) is 2.73. The van der Waals surface area contributed by atoms with E-state index in [0.29, 0.717) is 11.1 Å². The minimum Gasteiger partial charge on any atom is -0.225 e. The van der Waals surface area contributed by atoms with Gasteiger partial charge in [0.25, 0.3) is 0 Å². The summed E-state index contributed by atoms with van der Waals surface area (Å²) in [6.07, 6.45) is 0. The van der Waals surface area contributed by atoms with Crippen LogP contribution in [-0.2, 0) is 0 Å². The first-order valence-electron chi connectivity index (χ1n) is 3.02. The zero-order chi connectivity index (χ0) is 8.88. The Morgan fingerprint density at radius 3 is 1.83 bits per heavy atom. The van der Waals surface area contributed by atoms with Crippen molar-refractivity contribution in [1.29, 1.82) is 0 Å². The molecule has 3 nitrogen and oxygen atoms in total. The van der Waals surface area contributed by atoms with Crippen LogP contribution >= 0.6 is 43.2 Å². The van der Waals surface area contributed by atoms with Gasteiger partial charge in [-0.3, -0.25) is 0 Å². The molecule has 0 radical (unpaired) electrons. The van der Waals surface area contributed by atoms with Crippen molar-refractivity contribution < 1.29 is 14.9 Å². The molecule has 0 spiro atoms. The lowest BCUT2D eigenvalue weighted by Gasteiger charge is -1.82. The smallest absolute Gasteiger partial charge is 0.225 e. The van der Waals surface area contributed by atoms with E-state index in [9.17, 15) is 9.59 Å². The van der Waals surface area contributed by atoms with Gasteiger partial charge >= 0.3 is 11.8 Å². The standard InChI is InChI=1S/C6HBr2NO2S/c7-3-1-2(4(8)12-3)6(11)9-5(1)10/h(H,9,10,11)/p+1. The number of nitrogens with two attached hydrogens (primary N) is 1. The van der Waals surface area contributed by atoms with E-state index < -0.39 is 0 Å². The van der Waals surface area contributed by atoms with E-state index in [1.807, 2.05) is 0 Å². The topological polar surface area (TPSA) is 50.8 Å². The van der Waals surface area contributed by atoms with Crippen molar-refractivity contribution in [2.75, 3.05) is 0 Å². The van der Waals surface area contributed by atoms with Crippen molar-refractivity contribution in [2.24, 2.45) is 0 Å². The van der Waals surface area contributed by atoms with Gasteiger partial charge in [-0.25, -0.2) is 14.9 Å². The average Bonchev–Trinajstić information content (AvgIpc) is 2.38. The van der Waals surface area contributed by atoms with Crippen LogP contribution in [0.2, 0.25) is 0 Å². The van der Waals surface area contributed by atoms with Crippen LogP contribution < -0.4 is 5.32 Å². The van der Waals surface area contributed by atoms with Gasteiger partial charge in [-0.15, -0.1) is 11.3 Å². The number of carbonyl (C=O) groups excluding carboxylic acids is 2. The molecule has 1 aliphatic heterocycles. The molecule has 2 amide bonds. The summed E-state index contributed by atoms with van der Waals surface area (Å²) in [7, 11) is 0. The predicted molar refractivity (Wildman–Crippen MR) is 50.3 cm³/mol. The van der Waals surface area contributed by atoms with Crippen LogP contribution in [0.3, 0.4) is 0 Å². The maximum atomic E-state index is 11.2. The molecule has 2 rings (SSSR count). The summed E-state index contributed by atoms with van der Waals surface area (Å²) in [5.41, 5.74) is 0.994. The molecule has 2 heterocycles. The third-order valence-corrected chi connectivity index (χ3v) is 4.11. The monoisotopic (exact) mass is 310 g/mol. The Bertz CT molecular complexity index is 364. The number of thiophene rings is 1.